The van der Waals surface area contributed by atoms with Crippen molar-refractivity contribution in [1.29, 1.82) is 0 Å². The molecular formula is C22H28N2O2. The van der Waals surface area contributed by atoms with Crippen LogP contribution in [-0.4, -0.2) is 30.9 Å². The number of methoxy groups -OCH3 is 1. The van der Waals surface area contributed by atoms with Gasteiger partial charge in [-0.2, -0.15) is 0 Å². The van der Waals surface area contributed by atoms with Gasteiger partial charge in [0.2, 0.25) is 5.91 Å². The van der Waals surface area contributed by atoms with Crippen LogP contribution in [0.15, 0.2) is 51.7 Å². The van der Waals surface area contributed by atoms with Gasteiger partial charge in [-0.15, -0.1) is 0 Å². The van der Waals surface area contributed by atoms with Gasteiger partial charge in [0.05, 0.1) is 12.1 Å². The smallest absolute Gasteiger partial charge is 0.224 e. The molecule has 0 radical (unpaired) electrons. The monoisotopic (exact) mass is 352 g/mol. The Bertz CT molecular complexity index is 769. The molecule has 1 amide bonds. The second-order valence-electron chi connectivity index (χ2n) is 7.90. The Morgan fingerprint density at radius 2 is 2.08 bits per heavy atom. The molecule has 1 N–H and O–H groups in total. The minimum Gasteiger partial charge on any atom is -0.379 e. The number of carbonyl (C=O) groups excluding carboxylic acids is 1. The Hall–Kier alpha value is -1.94. The van der Waals surface area contributed by atoms with Crippen LogP contribution in [0.4, 0.5) is 0 Å². The summed E-state index contributed by atoms with van der Waals surface area (Å²) in [5, 5.41) is 3.02. The van der Waals surface area contributed by atoms with Gasteiger partial charge in [0.15, 0.2) is 0 Å². The molecule has 2 aliphatic heterocycles. The molecule has 0 saturated carbocycles. The molecule has 2 heterocycles. The zero-order valence-electron chi connectivity index (χ0n) is 15.8. The van der Waals surface area contributed by atoms with Crippen LogP contribution < -0.4 is 5.32 Å². The summed E-state index contributed by atoms with van der Waals surface area (Å²) in [7, 11) is 1.81. The van der Waals surface area contributed by atoms with E-state index in [0.717, 1.165) is 55.5 Å². The van der Waals surface area contributed by atoms with Gasteiger partial charge in [-0.3, -0.25) is 9.79 Å². The van der Waals surface area contributed by atoms with Gasteiger partial charge in [0.1, 0.15) is 0 Å². The maximum Gasteiger partial charge on any atom is 0.224 e. The van der Waals surface area contributed by atoms with E-state index in [1.54, 1.807) is 12.7 Å². The summed E-state index contributed by atoms with van der Waals surface area (Å²) in [4.78, 5) is 16.7. The number of allylic oxidation sites excluding steroid dienone is 5. The number of ether oxygens (including phenoxy) is 1. The molecule has 4 nitrogen and oxygen atoms in total. The van der Waals surface area contributed by atoms with Gasteiger partial charge in [0, 0.05) is 30.9 Å². The number of aliphatic imine (C=N–C) groups is 1. The molecule has 0 fully saturated rings. The first-order valence-electron chi connectivity index (χ1n) is 9.74. The maximum atomic E-state index is 11.6. The summed E-state index contributed by atoms with van der Waals surface area (Å²) in [5.41, 5.74) is 7.73. The summed E-state index contributed by atoms with van der Waals surface area (Å²) in [5.74, 6) is 0.587. The van der Waals surface area contributed by atoms with Crippen LogP contribution in [0.25, 0.3) is 0 Å². The summed E-state index contributed by atoms with van der Waals surface area (Å²) in [6, 6.07) is 0.152. The topological polar surface area (TPSA) is 50.7 Å². The lowest BCUT2D eigenvalue weighted by molar-refractivity contribution is -0.120. The van der Waals surface area contributed by atoms with Gasteiger partial charge < -0.3 is 10.1 Å². The predicted octanol–water partition coefficient (Wildman–Crippen LogP) is 4.01. The number of rotatable bonds is 3. The standard InChI is InChI=1S/C22H28N2O2/c1-13(2)18-9-6-17-16(7-10-20(26-3)22(17)24-18)14-4-8-19-15(12-14)5-11-21(25)23-19/h4,8,14,20,22H,1,5-7,9-12H2,2-3H3,(H,23,25). The second-order valence-corrected chi connectivity index (χ2v) is 7.90. The molecule has 0 spiro atoms. The molecule has 0 bridgehead atoms. The molecule has 0 aromatic carbocycles. The highest BCUT2D eigenvalue weighted by Gasteiger charge is 2.36. The summed E-state index contributed by atoms with van der Waals surface area (Å²) in [6.07, 6.45) is 11.3. The normalized spacial score (nSPS) is 31.2. The third-order valence-electron chi connectivity index (χ3n) is 6.26. The fourth-order valence-corrected chi connectivity index (χ4v) is 4.84. The van der Waals surface area contributed by atoms with Crippen LogP contribution in [0.2, 0.25) is 0 Å². The van der Waals surface area contributed by atoms with Crippen LogP contribution in [0.3, 0.4) is 0 Å². The lowest BCUT2D eigenvalue weighted by Gasteiger charge is -2.39. The maximum absolute atomic E-state index is 11.6. The zero-order valence-corrected chi connectivity index (χ0v) is 15.8. The molecule has 2 aliphatic carbocycles. The van der Waals surface area contributed by atoms with Crippen molar-refractivity contribution in [2.45, 2.75) is 64.0 Å². The average molecular weight is 352 g/mol. The van der Waals surface area contributed by atoms with Crippen molar-refractivity contribution < 1.29 is 9.53 Å². The second kappa shape index (κ2) is 6.99. The SMILES string of the molecule is C=C(C)C1=NC2C(=C(C3C=CC4=C(CCC(=O)N4)C3)CCC2OC)CC1. The van der Waals surface area contributed by atoms with Gasteiger partial charge in [-0.25, -0.2) is 0 Å². The van der Waals surface area contributed by atoms with E-state index in [2.05, 4.69) is 24.0 Å². The van der Waals surface area contributed by atoms with Crippen molar-refractivity contribution >= 4 is 11.6 Å². The van der Waals surface area contributed by atoms with Gasteiger partial charge in [-0.05, 0) is 68.2 Å². The number of carbonyl (C=O) groups is 1. The van der Waals surface area contributed by atoms with Crippen LogP contribution in [-0.2, 0) is 9.53 Å². The minimum absolute atomic E-state index is 0.142. The Labute approximate surface area is 155 Å². The molecule has 0 aromatic rings. The van der Waals surface area contributed by atoms with Crippen molar-refractivity contribution in [1.82, 2.24) is 5.32 Å². The zero-order chi connectivity index (χ0) is 18.3. The van der Waals surface area contributed by atoms with Crippen LogP contribution >= 0.6 is 0 Å². The van der Waals surface area contributed by atoms with E-state index in [1.165, 1.54) is 11.1 Å². The first-order valence-corrected chi connectivity index (χ1v) is 9.74. The van der Waals surface area contributed by atoms with Crippen molar-refractivity contribution in [2.24, 2.45) is 10.9 Å². The molecule has 3 atom stereocenters. The van der Waals surface area contributed by atoms with Gasteiger partial charge >= 0.3 is 0 Å². The van der Waals surface area contributed by atoms with Crippen molar-refractivity contribution in [2.75, 3.05) is 7.11 Å². The molecule has 138 valence electrons. The third kappa shape index (κ3) is 3.11. The average Bonchev–Trinajstić information content (AvgIpc) is 2.66. The molecule has 26 heavy (non-hydrogen) atoms. The van der Waals surface area contributed by atoms with Crippen molar-refractivity contribution in [3.05, 3.63) is 46.7 Å². The lowest BCUT2D eigenvalue weighted by atomic mass is 9.73. The molecule has 4 aliphatic rings. The molecule has 4 rings (SSSR count). The Morgan fingerprint density at radius 1 is 1.23 bits per heavy atom. The molecular weight excluding hydrogens is 324 g/mol. The number of hydrogen-bond acceptors (Lipinski definition) is 3. The van der Waals surface area contributed by atoms with E-state index in [9.17, 15) is 4.79 Å². The van der Waals surface area contributed by atoms with Gasteiger partial charge in [-0.1, -0.05) is 18.2 Å². The van der Waals surface area contributed by atoms with E-state index in [0.29, 0.717) is 12.3 Å². The Morgan fingerprint density at radius 3 is 2.85 bits per heavy atom. The highest BCUT2D eigenvalue weighted by atomic mass is 16.5. The van der Waals surface area contributed by atoms with E-state index >= 15 is 0 Å². The molecule has 0 saturated heterocycles. The summed E-state index contributed by atoms with van der Waals surface area (Å²) in [6.45, 7) is 6.14. The van der Waals surface area contributed by atoms with Crippen molar-refractivity contribution in [3.8, 4) is 0 Å². The predicted molar refractivity (Wildman–Crippen MR) is 104 cm³/mol. The van der Waals surface area contributed by atoms with E-state index in [-0.39, 0.29) is 18.1 Å². The largest absolute Gasteiger partial charge is 0.379 e. The molecule has 0 aromatic heterocycles. The molecule has 3 unspecified atom stereocenters. The van der Waals surface area contributed by atoms with Crippen LogP contribution in [0.1, 0.15) is 51.9 Å². The number of nitrogens with one attached hydrogen (secondary N) is 1. The summed E-state index contributed by atoms with van der Waals surface area (Å²) >= 11 is 0. The Balaban J connectivity index is 1.64. The number of nitrogens with zero attached hydrogens (tertiary/aromatic N) is 1. The van der Waals surface area contributed by atoms with E-state index in [4.69, 9.17) is 9.73 Å². The Kier molecular flexibility index (Phi) is 4.70. The number of hydrogen-bond donors (Lipinski definition) is 1. The van der Waals surface area contributed by atoms with E-state index < -0.39 is 0 Å². The first-order chi connectivity index (χ1) is 12.6. The van der Waals surface area contributed by atoms with E-state index in [1.807, 2.05) is 6.92 Å². The number of amides is 1. The number of fused-ring (bicyclic) bond motifs is 1. The fraction of sp³-hybridized carbons (Fsp3) is 0.545. The quantitative estimate of drug-likeness (QED) is 0.780. The van der Waals surface area contributed by atoms with Crippen LogP contribution in [0, 0.1) is 5.92 Å². The summed E-state index contributed by atoms with van der Waals surface area (Å²) < 4.78 is 5.78. The fourth-order valence-electron chi connectivity index (χ4n) is 4.84. The first kappa shape index (κ1) is 17.5. The minimum atomic E-state index is 0.142. The van der Waals surface area contributed by atoms with Crippen molar-refractivity contribution in [3.63, 3.8) is 0 Å². The third-order valence-corrected chi connectivity index (χ3v) is 6.26. The lowest BCUT2D eigenvalue weighted by Crippen LogP contribution is -2.37. The highest BCUT2D eigenvalue weighted by molar-refractivity contribution is 6.00. The van der Waals surface area contributed by atoms with Crippen LogP contribution in [0.5, 0.6) is 0 Å². The molecule has 4 heteroatoms. The van der Waals surface area contributed by atoms with Gasteiger partial charge in [0.25, 0.3) is 0 Å². The highest BCUT2D eigenvalue weighted by Crippen LogP contribution is 2.42.